The lowest BCUT2D eigenvalue weighted by atomic mass is 9.79. The molecule has 1 heteroatoms. The van der Waals surface area contributed by atoms with Crippen molar-refractivity contribution in [1.29, 1.82) is 0 Å². The Morgan fingerprint density at radius 3 is 2.12 bits per heavy atom. The van der Waals surface area contributed by atoms with Crippen molar-refractivity contribution in [3.63, 3.8) is 0 Å². The first-order valence-corrected chi connectivity index (χ1v) is 7.46. The highest BCUT2D eigenvalue weighted by atomic mass is 14.9. The molecule has 0 aromatic rings. The highest BCUT2D eigenvalue weighted by molar-refractivity contribution is 4.81. The van der Waals surface area contributed by atoms with E-state index in [1.54, 1.807) is 0 Å². The summed E-state index contributed by atoms with van der Waals surface area (Å²) in [6.07, 6.45) is 12.9. The van der Waals surface area contributed by atoms with E-state index in [2.05, 4.69) is 26.2 Å². The largest absolute Gasteiger partial charge is 0.316 e. The second kappa shape index (κ2) is 8.11. The summed E-state index contributed by atoms with van der Waals surface area (Å²) in [5, 5.41) is 3.60. The van der Waals surface area contributed by atoms with Gasteiger partial charge in [0, 0.05) is 6.04 Å². The molecular weight excluding hydrogens is 194 g/mol. The average molecular weight is 225 g/mol. The lowest BCUT2D eigenvalue weighted by Gasteiger charge is -2.33. The SMILES string of the molecule is CCCC(C)C(NC)C1CCCCCCC1. The van der Waals surface area contributed by atoms with Crippen LogP contribution in [0.2, 0.25) is 0 Å². The van der Waals surface area contributed by atoms with Crippen LogP contribution in [0.1, 0.15) is 71.6 Å². The van der Waals surface area contributed by atoms with Crippen molar-refractivity contribution in [3.8, 4) is 0 Å². The normalized spacial score (nSPS) is 23.4. The van der Waals surface area contributed by atoms with E-state index in [4.69, 9.17) is 0 Å². The standard InChI is InChI=1S/C15H31N/c1-4-10-13(2)15(16-3)14-11-8-6-5-7-9-12-14/h13-16H,4-12H2,1-3H3. The van der Waals surface area contributed by atoms with Crippen LogP contribution in [0.4, 0.5) is 0 Å². The maximum absolute atomic E-state index is 3.60. The molecule has 1 aliphatic rings. The second-order valence-corrected chi connectivity index (χ2v) is 5.69. The molecule has 0 aliphatic heterocycles. The summed E-state index contributed by atoms with van der Waals surface area (Å²) in [6, 6.07) is 0.762. The Balaban J connectivity index is 2.47. The lowest BCUT2D eigenvalue weighted by Crippen LogP contribution is -2.39. The Morgan fingerprint density at radius 2 is 1.62 bits per heavy atom. The van der Waals surface area contributed by atoms with Crippen molar-refractivity contribution < 1.29 is 0 Å². The molecule has 1 aliphatic carbocycles. The zero-order chi connectivity index (χ0) is 11.8. The Hall–Kier alpha value is -0.0400. The third-order valence-corrected chi connectivity index (χ3v) is 4.35. The Bertz CT molecular complexity index is 159. The Labute approximate surface area is 102 Å². The highest BCUT2D eigenvalue weighted by Crippen LogP contribution is 2.29. The zero-order valence-electron chi connectivity index (χ0n) is 11.6. The van der Waals surface area contributed by atoms with Crippen molar-refractivity contribution in [3.05, 3.63) is 0 Å². The van der Waals surface area contributed by atoms with Gasteiger partial charge in [0.1, 0.15) is 0 Å². The molecule has 0 heterocycles. The van der Waals surface area contributed by atoms with Gasteiger partial charge in [0.05, 0.1) is 0 Å². The summed E-state index contributed by atoms with van der Waals surface area (Å²) >= 11 is 0. The smallest absolute Gasteiger partial charge is 0.0118 e. The van der Waals surface area contributed by atoms with Gasteiger partial charge in [0.2, 0.25) is 0 Å². The monoisotopic (exact) mass is 225 g/mol. The molecular formula is C15H31N. The molecule has 0 amide bonds. The van der Waals surface area contributed by atoms with E-state index in [9.17, 15) is 0 Å². The second-order valence-electron chi connectivity index (χ2n) is 5.69. The predicted molar refractivity (Wildman–Crippen MR) is 72.7 cm³/mol. The Morgan fingerprint density at radius 1 is 1.06 bits per heavy atom. The highest BCUT2D eigenvalue weighted by Gasteiger charge is 2.24. The number of rotatable bonds is 5. The first-order chi connectivity index (χ1) is 7.79. The molecule has 2 unspecified atom stereocenters. The van der Waals surface area contributed by atoms with Crippen LogP contribution in [0.3, 0.4) is 0 Å². The van der Waals surface area contributed by atoms with Crippen LogP contribution in [-0.4, -0.2) is 13.1 Å². The molecule has 0 spiro atoms. The molecule has 1 rings (SSSR count). The fourth-order valence-electron chi connectivity index (χ4n) is 3.47. The van der Waals surface area contributed by atoms with Crippen LogP contribution in [0.15, 0.2) is 0 Å². The van der Waals surface area contributed by atoms with Crippen LogP contribution >= 0.6 is 0 Å². The summed E-state index contributed by atoms with van der Waals surface area (Å²) in [5.74, 6) is 1.78. The van der Waals surface area contributed by atoms with Gasteiger partial charge in [-0.1, -0.05) is 52.4 Å². The third-order valence-electron chi connectivity index (χ3n) is 4.35. The van der Waals surface area contributed by atoms with E-state index >= 15 is 0 Å². The molecule has 0 bridgehead atoms. The molecule has 0 aromatic heterocycles. The fraction of sp³-hybridized carbons (Fsp3) is 1.00. The van der Waals surface area contributed by atoms with E-state index < -0.39 is 0 Å². The van der Waals surface area contributed by atoms with Crippen LogP contribution in [0, 0.1) is 11.8 Å². The van der Waals surface area contributed by atoms with Gasteiger partial charge < -0.3 is 5.32 Å². The number of hydrogen-bond acceptors (Lipinski definition) is 1. The fourth-order valence-corrected chi connectivity index (χ4v) is 3.47. The van der Waals surface area contributed by atoms with Crippen LogP contribution in [0.25, 0.3) is 0 Å². The van der Waals surface area contributed by atoms with Gasteiger partial charge >= 0.3 is 0 Å². The molecule has 1 fully saturated rings. The van der Waals surface area contributed by atoms with Gasteiger partial charge in [-0.3, -0.25) is 0 Å². The molecule has 0 radical (unpaired) electrons. The van der Waals surface area contributed by atoms with Gasteiger partial charge in [-0.2, -0.15) is 0 Å². The maximum atomic E-state index is 3.60. The molecule has 16 heavy (non-hydrogen) atoms. The predicted octanol–water partition coefficient (Wildman–Crippen LogP) is 4.37. The lowest BCUT2D eigenvalue weighted by molar-refractivity contribution is 0.228. The molecule has 0 aromatic carbocycles. The van der Waals surface area contributed by atoms with E-state index in [-0.39, 0.29) is 0 Å². The molecule has 1 nitrogen and oxygen atoms in total. The van der Waals surface area contributed by atoms with Gasteiger partial charge in [0.15, 0.2) is 0 Å². The summed E-state index contributed by atoms with van der Waals surface area (Å²) < 4.78 is 0. The minimum absolute atomic E-state index is 0.762. The van der Waals surface area contributed by atoms with Crippen molar-refractivity contribution >= 4 is 0 Å². The van der Waals surface area contributed by atoms with E-state index in [1.807, 2.05) is 0 Å². The molecule has 1 saturated carbocycles. The molecule has 0 saturated heterocycles. The molecule has 96 valence electrons. The molecule has 1 N–H and O–H groups in total. The average Bonchev–Trinajstić information content (AvgIpc) is 2.22. The quantitative estimate of drug-likeness (QED) is 0.732. The van der Waals surface area contributed by atoms with Crippen LogP contribution < -0.4 is 5.32 Å². The van der Waals surface area contributed by atoms with E-state index in [1.165, 1.54) is 57.8 Å². The van der Waals surface area contributed by atoms with E-state index in [0.29, 0.717) is 0 Å². The van der Waals surface area contributed by atoms with Crippen molar-refractivity contribution in [2.75, 3.05) is 7.05 Å². The third kappa shape index (κ3) is 4.45. The number of nitrogens with one attached hydrogen (secondary N) is 1. The van der Waals surface area contributed by atoms with Gasteiger partial charge in [-0.25, -0.2) is 0 Å². The van der Waals surface area contributed by atoms with Crippen LogP contribution in [0.5, 0.6) is 0 Å². The van der Waals surface area contributed by atoms with Gasteiger partial charge in [0.25, 0.3) is 0 Å². The maximum Gasteiger partial charge on any atom is 0.0118 e. The van der Waals surface area contributed by atoms with Crippen molar-refractivity contribution in [2.45, 2.75) is 77.7 Å². The van der Waals surface area contributed by atoms with Crippen molar-refractivity contribution in [1.82, 2.24) is 5.32 Å². The van der Waals surface area contributed by atoms with Gasteiger partial charge in [-0.15, -0.1) is 0 Å². The first-order valence-electron chi connectivity index (χ1n) is 7.46. The summed E-state index contributed by atoms with van der Waals surface area (Å²) in [5.41, 5.74) is 0. The summed E-state index contributed by atoms with van der Waals surface area (Å²) in [7, 11) is 2.16. The topological polar surface area (TPSA) is 12.0 Å². The van der Waals surface area contributed by atoms with E-state index in [0.717, 1.165) is 17.9 Å². The number of hydrogen-bond donors (Lipinski definition) is 1. The Kier molecular flexibility index (Phi) is 7.11. The van der Waals surface area contributed by atoms with Crippen molar-refractivity contribution in [2.24, 2.45) is 11.8 Å². The molecule has 2 atom stereocenters. The van der Waals surface area contributed by atoms with Gasteiger partial charge in [-0.05, 0) is 38.1 Å². The zero-order valence-corrected chi connectivity index (χ0v) is 11.6. The minimum atomic E-state index is 0.762. The summed E-state index contributed by atoms with van der Waals surface area (Å²) in [4.78, 5) is 0. The van der Waals surface area contributed by atoms with Crippen LogP contribution in [-0.2, 0) is 0 Å². The minimum Gasteiger partial charge on any atom is -0.316 e. The summed E-state index contributed by atoms with van der Waals surface area (Å²) in [6.45, 7) is 4.74. The first kappa shape index (κ1) is 14.0.